The van der Waals surface area contributed by atoms with E-state index in [1.807, 2.05) is 0 Å². The van der Waals surface area contributed by atoms with E-state index < -0.39 is 24.6 Å². The van der Waals surface area contributed by atoms with Gasteiger partial charge < -0.3 is 19.7 Å². The smallest absolute Gasteiger partial charge is 0.349 e. The zero-order valence-corrected chi connectivity index (χ0v) is 21.1. The summed E-state index contributed by atoms with van der Waals surface area (Å²) in [6.45, 7) is 1.94. The van der Waals surface area contributed by atoms with Crippen molar-refractivity contribution in [2.75, 3.05) is 13.2 Å². The van der Waals surface area contributed by atoms with E-state index >= 15 is 0 Å². The average Bonchev–Trinajstić information content (AvgIpc) is 2.85. The molecular weight excluding hydrogens is 432 g/mol. The average molecular weight is 479 g/mol. The second kappa shape index (κ2) is 20.5. The Morgan fingerprint density at radius 1 is 0.765 bits per heavy atom. The van der Waals surface area contributed by atoms with E-state index in [0.29, 0.717) is 12.4 Å². The molecule has 6 nitrogen and oxygen atoms in total. The molecular formula is C28H46O6. The molecule has 0 amide bonds. The summed E-state index contributed by atoms with van der Waals surface area (Å²) in [5.74, 6) is -1.74. The monoisotopic (exact) mass is 478 g/mol. The third-order valence-corrected chi connectivity index (χ3v) is 6.00. The number of ether oxygens (including phenoxy) is 2. The lowest BCUT2D eigenvalue weighted by Gasteiger charge is -2.11. The highest BCUT2D eigenvalue weighted by atomic mass is 16.6. The van der Waals surface area contributed by atoms with E-state index in [4.69, 9.17) is 9.84 Å². The molecule has 0 aliphatic carbocycles. The van der Waals surface area contributed by atoms with E-state index in [-0.39, 0.29) is 5.56 Å². The molecule has 0 fully saturated rings. The molecule has 0 heterocycles. The highest BCUT2D eigenvalue weighted by Crippen LogP contribution is 2.20. The summed E-state index contributed by atoms with van der Waals surface area (Å²) in [7, 11) is 0. The van der Waals surface area contributed by atoms with Crippen LogP contribution in [0.15, 0.2) is 24.3 Å². The van der Waals surface area contributed by atoms with Crippen molar-refractivity contribution >= 4 is 11.9 Å². The van der Waals surface area contributed by atoms with Gasteiger partial charge in [0.15, 0.2) is 6.10 Å². The number of carbonyl (C=O) groups excluding carboxylic acids is 2. The Morgan fingerprint density at radius 2 is 1.24 bits per heavy atom. The minimum Gasteiger partial charge on any atom is -0.493 e. The number of benzene rings is 1. The predicted molar refractivity (Wildman–Crippen MR) is 135 cm³/mol. The molecule has 0 spiro atoms. The van der Waals surface area contributed by atoms with Gasteiger partial charge in [-0.1, -0.05) is 115 Å². The Bertz CT molecular complexity index is 660. The fourth-order valence-corrected chi connectivity index (χ4v) is 3.88. The summed E-state index contributed by atoms with van der Waals surface area (Å²) < 4.78 is 10.3. The first-order chi connectivity index (χ1) is 16.6. The summed E-state index contributed by atoms with van der Waals surface area (Å²) in [5, 5.41) is 18.0. The first-order valence-electron chi connectivity index (χ1n) is 13.4. The number of hydrogen-bond donors (Lipinski definition) is 2. The molecule has 0 saturated heterocycles. The molecule has 0 aliphatic rings. The minimum atomic E-state index is -1.73. The lowest BCUT2D eigenvalue weighted by molar-refractivity contribution is -0.149. The predicted octanol–water partition coefficient (Wildman–Crippen LogP) is 6.36. The Kier molecular flexibility index (Phi) is 18.1. The normalized spacial score (nSPS) is 11.9. The molecule has 1 atom stereocenters. The van der Waals surface area contributed by atoms with Gasteiger partial charge in [0.1, 0.15) is 11.3 Å². The van der Waals surface area contributed by atoms with Gasteiger partial charge in [-0.15, -0.1) is 0 Å². The SMILES string of the molecule is CCCCCCCCCCCCCCCCCCOc1ccccc1C(=O)OC(=O)C(O)CO. The third-order valence-electron chi connectivity index (χ3n) is 6.00. The Morgan fingerprint density at radius 3 is 1.74 bits per heavy atom. The molecule has 1 unspecified atom stereocenters. The van der Waals surface area contributed by atoms with Crippen molar-refractivity contribution in [3.63, 3.8) is 0 Å². The van der Waals surface area contributed by atoms with Crippen LogP contribution in [-0.2, 0) is 9.53 Å². The first-order valence-corrected chi connectivity index (χ1v) is 13.4. The van der Waals surface area contributed by atoms with Gasteiger partial charge in [-0.05, 0) is 18.6 Å². The van der Waals surface area contributed by atoms with Crippen LogP contribution in [0.25, 0.3) is 0 Å². The number of aliphatic hydroxyl groups is 2. The maximum absolute atomic E-state index is 12.2. The third kappa shape index (κ3) is 14.4. The van der Waals surface area contributed by atoms with E-state index in [1.54, 1.807) is 18.2 Å². The molecule has 34 heavy (non-hydrogen) atoms. The van der Waals surface area contributed by atoms with Crippen LogP contribution in [0, 0.1) is 0 Å². The van der Waals surface area contributed by atoms with Crippen molar-refractivity contribution in [1.29, 1.82) is 0 Å². The van der Waals surface area contributed by atoms with E-state index in [2.05, 4.69) is 11.7 Å². The van der Waals surface area contributed by atoms with Crippen molar-refractivity contribution in [3.05, 3.63) is 29.8 Å². The number of esters is 2. The Labute approximate surface area is 206 Å². The molecule has 0 bridgehead atoms. The summed E-state index contributed by atoms with van der Waals surface area (Å²) in [6.07, 6.45) is 19.1. The van der Waals surface area contributed by atoms with Crippen LogP contribution in [0.2, 0.25) is 0 Å². The zero-order chi connectivity index (χ0) is 24.9. The maximum atomic E-state index is 12.2. The largest absolute Gasteiger partial charge is 0.493 e. The van der Waals surface area contributed by atoms with E-state index in [0.717, 1.165) is 12.8 Å². The fourth-order valence-electron chi connectivity index (χ4n) is 3.88. The van der Waals surface area contributed by atoms with Gasteiger partial charge in [-0.3, -0.25) is 0 Å². The number of para-hydroxylation sites is 1. The second-order valence-electron chi connectivity index (χ2n) is 9.05. The molecule has 0 saturated carbocycles. The molecule has 1 rings (SSSR count). The molecule has 1 aromatic rings. The quantitative estimate of drug-likeness (QED) is 0.121. The summed E-state index contributed by atoms with van der Waals surface area (Å²) in [4.78, 5) is 23.7. The van der Waals surface area contributed by atoms with Crippen molar-refractivity contribution < 1.29 is 29.3 Å². The summed E-state index contributed by atoms with van der Waals surface area (Å²) >= 11 is 0. The number of unbranched alkanes of at least 4 members (excludes halogenated alkanes) is 15. The van der Waals surface area contributed by atoms with Gasteiger partial charge in [0.05, 0.1) is 13.2 Å². The number of rotatable bonds is 21. The van der Waals surface area contributed by atoms with Gasteiger partial charge >= 0.3 is 11.9 Å². The molecule has 0 radical (unpaired) electrons. The molecule has 0 aromatic heterocycles. The van der Waals surface area contributed by atoms with Gasteiger partial charge in [0.25, 0.3) is 0 Å². The standard InChI is InChI=1S/C28H46O6/c1-2-3-4-5-6-7-8-9-10-11-12-13-14-15-16-19-22-33-26-21-18-17-20-24(26)27(31)34-28(32)25(30)23-29/h17-18,20-21,25,29-30H,2-16,19,22-23H2,1H3. The lowest BCUT2D eigenvalue weighted by atomic mass is 10.0. The zero-order valence-electron chi connectivity index (χ0n) is 21.1. The fraction of sp³-hybridized carbons (Fsp3) is 0.714. The van der Waals surface area contributed by atoms with Crippen LogP contribution in [0.1, 0.15) is 120 Å². The van der Waals surface area contributed by atoms with Crippen LogP contribution in [-0.4, -0.2) is 41.5 Å². The number of carbonyl (C=O) groups is 2. The van der Waals surface area contributed by atoms with Gasteiger partial charge in [-0.2, -0.15) is 0 Å². The van der Waals surface area contributed by atoms with E-state index in [1.165, 1.54) is 96.0 Å². The van der Waals surface area contributed by atoms with Gasteiger partial charge in [0.2, 0.25) is 0 Å². The van der Waals surface area contributed by atoms with Crippen molar-refractivity contribution in [1.82, 2.24) is 0 Å². The highest BCUT2D eigenvalue weighted by Gasteiger charge is 2.22. The van der Waals surface area contributed by atoms with Gasteiger partial charge in [0, 0.05) is 0 Å². The van der Waals surface area contributed by atoms with Crippen molar-refractivity contribution in [3.8, 4) is 5.75 Å². The number of hydrogen-bond acceptors (Lipinski definition) is 6. The topological polar surface area (TPSA) is 93.1 Å². The summed E-state index contributed by atoms with van der Waals surface area (Å²) in [6, 6.07) is 6.54. The summed E-state index contributed by atoms with van der Waals surface area (Å²) in [5.41, 5.74) is 0.123. The molecule has 0 aliphatic heterocycles. The van der Waals surface area contributed by atoms with Crippen LogP contribution >= 0.6 is 0 Å². The van der Waals surface area contributed by atoms with Crippen molar-refractivity contribution in [2.45, 2.75) is 116 Å². The number of aliphatic hydroxyl groups excluding tert-OH is 2. The maximum Gasteiger partial charge on any atom is 0.349 e. The van der Waals surface area contributed by atoms with Crippen LogP contribution in [0.4, 0.5) is 0 Å². The lowest BCUT2D eigenvalue weighted by Crippen LogP contribution is -2.28. The molecule has 2 N–H and O–H groups in total. The van der Waals surface area contributed by atoms with Crippen LogP contribution < -0.4 is 4.74 Å². The Balaban J connectivity index is 2.04. The van der Waals surface area contributed by atoms with Crippen molar-refractivity contribution in [2.24, 2.45) is 0 Å². The first kappa shape index (κ1) is 30.1. The molecule has 194 valence electrons. The minimum absolute atomic E-state index is 0.123. The second-order valence-corrected chi connectivity index (χ2v) is 9.05. The Hall–Kier alpha value is -1.92. The van der Waals surface area contributed by atoms with E-state index in [9.17, 15) is 14.7 Å². The van der Waals surface area contributed by atoms with Gasteiger partial charge in [-0.25, -0.2) is 9.59 Å². The van der Waals surface area contributed by atoms with Crippen LogP contribution in [0.5, 0.6) is 5.75 Å². The van der Waals surface area contributed by atoms with Crippen LogP contribution in [0.3, 0.4) is 0 Å². The molecule has 1 aromatic carbocycles. The highest BCUT2D eigenvalue weighted by molar-refractivity contribution is 5.99. The molecule has 6 heteroatoms.